The molecular formula is C79H113N11. The molecule has 0 bridgehead atoms. The summed E-state index contributed by atoms with van der Waals surface area (Å²) in [4.78, 5) is 43.3. The van der Waals surface area contributed by atoms with Crippen LogP contribution in [-0.2, 0) is 7.05 Å². The zero-order chi connectivity index (χ0) is 67.9. The van der Waals surface area contributed by atoms with E-state index in [-0.39, 0.29) is 0 Å². The van der Waals surface area contributed by atoms with E-state index in [2.05, 4.69) is 238 Å². The van der Waals surface area contributed by atoms with E-state index in [4.69, 9.17) is 0 Å². The second-order valence-corrected chi connectivity index (χ2v) is 22.7. The minimum Gasteiger partial charge on any atom is -0.331 e. The van der Waals surface area contributed by atoms with Gasteiger partial charge in [-0.2, -0.15) is 0 Å². The molecular weight excluding hydrogens is 1100 g/mol. The standard InChI is InChI=1S/2C12H13N.C11H14N2.C11H12N2.C9H13N.2C8H12N2.4C2H6/c1-9(2)12-7-10-5-3-4-6-11(10)8-13-12;1-9(2)11-8-7-10-5-3-4-6-12(10)13-11;1-8(2)11-12-9-6-4-5-7-10(9)13(11)3;1-8(2)11-12-7-9-5-3-4-6-10(9)13-11;1-7(2)9-5-4-8(3)6-10-9;1-6(2)8-5-9-7(3)4-10-8;1-6(2)8-9-4-7(3)5-10-8;4*1-2/h2*3-9H,1-2H3;4-8H,1-3H3;3-8H,1-2H3;4-7H,1-3H3;2*4-6H,1-3H3;4*1-2H3. The van der Waals surface area contributed by atoms with E-state index in [1.807, 2.05) is 161 Å². The first-order chi connectivity index (χ1) is 43.1. The average molecular weight is 1220 g/mol. The Kier molecular flexibility index (Phi) is 39.3. The van der Waals surface area contributed by atoms with Crippen molar-refractivity contribution in [2.24, 2.45) is 7.05 Å². The highest BCUT2D eigenvalue weighted by Gasteiger charge is 2.10. The Morgan fingerprint density at radius 3 is 1.21 bits per heavy atom. The van der Waals surface area contributed by atoms with Crippen LogP contribution in [0.25, 0.3) is 43.6 Å². The molecule has 90 heavy (non-hydrogen) atoms. The number of imidazole rings is 1. The first-order valence-electron chi connectivity index (χ1n) is 32.9. The van der Waals surface area contributed by atoms with Gasteiger partial charge >= 0.3 is 0 Å². The molecule has 484 valence electrons. The largest absolute Gasteiger partial charge is 0.331 e. The quantitative estimate of drug-likeness (QED) is 0.152. The van der Waals surface area contributed by atoms with Crippen molar-refractivity contribution in [1.82, 2.24) is 54.4 Å². The lowest BCUT2D eigenvalue weighted by Crippen LogP contribution is -1.99. The molecule has 0 radical (unpaired) electrons. The van der Waals surface area contributed by atoms with Crippen LogP contribution in [0.5, 0.6) is 0 Å². The number of rotatable bonds is 7. The number of aryl methyl sites for hydroxylation is 4. The van der Waals surface area contributed by atoms with Crippen molar-refractivity contribution < 1.29 is 0 Å². The molecule has 4 aromatic carbocycles. The minimum atomic E-state index is 0.393. The van der Waals surface area contributed by atoms with Gasteiger partial charge in [-0.15, -0.1) is 0 Å². The molecule has 11 aromatic rings. The molecule has 0 spiro atoms. The maximum atomic E-state index is 4.57. The molecule has 0 N–H and O–H groups in total. The van der Waals surface area contributed by atoms with E-state index in [0.717, 1.165) is 56.4 Å². The topological polar surface area (TPSA) is 134 Å². The van der Waals surface area contributed by atoms with Crippen molar-refractivity contribution in [1.29, 1.82) is 0 Å². The van der Waals surface area contributed by atoms with Gasteiger partial charge in [0.25, 0.3) is 0 Å². The van der Waals surface area contributed by atoms with Crippen LogP contribution in [0.1, 0.15) is 251 Å². The summed E-state index contributed by atoms with van der Waals surface area (Å²) in [5, 5.41) is 4.81. The van der Waals surface area contributed by atoms with Crippen LogP contribution in [-0.4, -0.2) is 54.4 Å². The second-order valence-electron chi connectivity index (χ2n) is 22.7. The summed E-state index contributed by atoms with van der Waals surface area (Å²) in [5.41, 5.74) is 12.3. The fraction of sp³-hybridized carbons (Fsp3) is 0.418. The zero-order valence-corrected chi connectivity index (χ0v) is 60.1. The van der Waals surface area contributed by atoms with Crippen LogP contribution >= 0.6 is 0 Å². The number of hydrogen-bond acceptors (Lipinski definition) is 10. The number of aromatic nitrogens is 11. The van der Waals surface area contributed by atoms with Crippen LogP contribution in [0, 0.1) is 20.8 Å². The molecule has 11 rings (SSSR count). The van der Waals surface area contributed by atoms with Crippen molar-refractivity contribution in [2.45, 2.75) is 215 Å². The van der Waals surface area contributed by atoms with Gasteiger partial charge in [0.1, 0.15) is 17.5 Å². The third-order valence-electron chi connectivity index (χ3n) is 13.1. The maximum Gasteiger partial charge on any atom is 0.131 e. The highest BCUT2D eigenvalue weighted by atomic mass is 15.1. The van der Waals surface area contributed by atoms with E-state index in [9.17, 15) is 0 Å². The van der Waals surface area contributed by atoms with E-state index in [1.54, 1.807) is 6.20 Å². The van der Waals surface area contributed by atoms with Crippen molar-refractivity contribution in [3.8, 4) is 0 Å². The Hall–Kier alpha value is -8.18. The monoisotopic (exact) mass is 1220 g/mol. The first-order valence-corrected chi connectivity index (χ1v) is 32.9. The molecule has 11 nitrogen and oxygen atoms in total. The SMILES string of the molecule is CC.CC.CC.CC.CC(C)c1cc2ccccc2cn1.CC(C)c1ccc2ccccc2n1.CC(C)c1nc2ccccc2n1C.CC(C)c1ncc2ccccc2n1.Cc1ccc(C(C)C)nc1.Cc1cnc(C(C)C)cn1.Cc1cnc(C(C)C)nc1. The number of para-hydroxylation sites is 4. The van der Waals surface area contributed by atoms with E-state index in [0.29, 0.717) is 41.4 Å². The zero-order valence-electron chi connectivity index (χ0n) is 60.1. The molecule has 0 amide bonds. The Morgan fingerprint density at radius 1 is 0.289 bits per heavy atom. The molecule has 7 heterocycles. The van der Waals surface area contributed by atoms with Crippen LogP contribution in [0.4, 0.5) is 0 Å². The van der Waals surface area contributed by atoms with Crippen LogP contribution < -0.4 is 0 Å². The summed E-state index contributed by atoms with van der Waals surface area (Å²) in [6.45, 7) is 51.9. The van der Waals surface area contributed by atoms with Crippen molar-refractivity contribution in [3.63, 3.8) is 0 Å². The van der Waals surface area contributed by atoms with Gasteiger partial charge in [-0.1, -0.05) is 237 Å². The van der Waals surface area contributed by atoms with Gasteiger partial charge in [-0.25, -0.2) is 24.9 Å². The van der Waals surface area contributed by atoms with Crippen molar-refractivity contribution >= 4 is 43.6 Å². The molecule has 0 saturated heterocycles. The van der Waals surface area contributed by atoms with E-state index >= 15 is 0 Å². The second kappa shape index (κ2) is 44.3. The first kappa shape index (κ1) is 79.8. The fourth-order valence-corrected chi connectivity index (χ4v) is 7.99. The summed E-state index contributed by atoms with van der Waals surface area (Å²) in [7, 11) is 2.07. The highest BCUT2D eigenvalue weighted by Crippen LogP contribution is 2.22. The molecule has 7 aromatic heterocycles. The van der Waals surface area contributed by atoms with Crippen molar-refractivity contribution in [3.05, 3.63) is 228 Å². The third kappa shape index (κ3) is 28.1. The number of pyridine rings is 3. The summed E-state index contributed by atoms with van der Waals surface area (Å²) in [5.74, 6) is 6.33. The van der Waals surface area contributed by atoms with Crippen LogP contribution in [0.3, 0.4) is 0 Å². The summed E-state index contributed by atoms with van der Waals surface area (Å²) < 4.78 is 2.17. The maximum absolute atomic E-state index is 4.57. The fourth-order valence-electron chi connectivity index (χ4n) is 7.99. The van der Waals surface area contributed by atoms with Gasteiger partial charge in [0.05, 0.1) is 33.5 Å². The summed E-state index contributed by atoms with van der Waals surface area (Å²) in [6, 6.07) is 43.4. The number of fused-ring (bicyclic) bond motifs is 4. The third-order valence-corrected chi connectivity index (χ3v) is 13.1. The Bertz CT molecular complexity index is 3300. The minimum absolute atomic E-state index is 0.393. The van der Waals surface area contributed by atoms with Crippen LogP contribution in [0.2, 0.25) is 0 Å². The molecule has 0 aliphatic heterocycles. The van der Waals surface area contributed by atoms with Gasteiger partial charge in [0, 0.05) is 101 Å². The van der Waals surface area contributed by atoms with E-state index in [1.165, 1.54) is 44.3 Å². The normalized spacial score (nSPS) is 10.1. The average Bonchev–Trinajstić information content (AvgIpc) is 1.95. The number of benzene rings is 4. The predicted molar refractivity (Wildman–Crippen MR) is 390 cm³/mol. The smallest absolute Gasteiger partial charge is 0.131 e. The van der Waals surface area contributed by atoms with Crippen molar-refractivity contribution in [2.75, 3.05) is 0 Å². The van der Waals surface area contributed by atoms with Gasteiger partial charge in [0.15, 0.2) is 0 Å². The Balaban J connectivity index is 0.000000516. The molecule has 0 aliphatic carbocycles. The van der Waals surface area contributed by atoms with Crippen LogP contribution in [0.15, 0.2) is 171 Å². The molecule has 0 unspecified atom stereocenters. The summed E-state index contributed by atoms with van der Waals surface area (Å²) in [6.07, 6.45) is 13.1. The lowest BCUT2D eigenvalue weighted by atomic mass is 10.1. The van der Waals surface area contributed by atoms with Gasteiger partial charge in [0.2, 0.25) is 0 Å². The lowest BCUT2D eigenvalue weighted by Gasteiger charge is -2.04. The molecule has 0 saturated carbocycles. The number of hydrogen-bond donors (Lipinski definition) is 0. The summed E-state index contributed by atoms with van der Waals surface area (Å²) >= 11 is 0. The molecule has 0 fully saturated rings. The predicted octanol–water partition coefficient (Wildman–Crippen LogP) is 22.6. The lowest BCUT2D eigenvalue weighted by molar-refractivity contribution is 0.722. The Labute approximate surface area is 544 Å². The van der Waals surface area contributed by atoms with Gasteiger partial charge in [-0.3, -0.25) is 24.9 Å². The van der Waals surface area contributed by atoms with Gasteiger partial charge < -0.3 is 4.57 Å². The van der Waals surface area contributed by atoms with Gasteiger partial charge in [-0.05, 0) is 103 Å². The number of nitrogens with zero attached hydrogens (tertiary/aromatic N) is 11. The molecule has 0 aliphatic rings. The molecule has 0 atom stereocenters. The Morgan fingerprint density at radius 2 is 0.722 bits per heavy atom. The molecule has 11 heteroatoms. The highest BCUT2D eigenvalue weighted by molar-refractivity contribution is 5.82. The van der Waals surface area contributed by atoms with E-state index < -0.39 is 0 Å².